The third-order valence-corrected chi connectivity index (χ3v) is 3.19. The molecule has 0 radical (unpaired) electrons. The summed E-state index contributed by atoms with van der Waals surface area (Å²) in [7, 11) is 0. The number of carboxylic acid groups (broad SMARTS) is 1. The van der Waals surface area contributed by atoms with E-state index in [4.69, 9.17) is 5.11 Å². The Kier molecular flexibility index (Phi) is 6.08. The van der Waals surface area contributed by atoms with Gasteiger partial charge in [0.25, 0.3) is 0 Å². The summed E-state index contributed by atoms with van der Waals surface area (Å²) in [6, 6.07) is 2.79. The highest BCUT2D eigenvalue weighted by molar-refractivity contribution is 5.73. The molecule has 0 aromatic heterocycles. The minimum Gasteiger partial charge on any atom is -0.480 e. The average molecular weight is 301 g/mol. The average Bonchev–Trinajstić information content (AvgIpc) is 2.33. The minimum atomic E-state index is -2.86. The quantitative estimate of drug-likeness (QED) is 0.812. The highest BCUT2D eigenvalue weighted by Gasteiger charge is 2.20. The Balaban J connectivity index is 2.84. The Morgan fingerprint density at radius 3 is 2.19 bits per heavy atom. The van der Waals surface area contributed by atoms with Crippen molar-refractivity contribution in [3.63, 3.8) is 0 Å². The molecule has 21 heavy (non-hydrogen) atoms. The van der Waals surface area contributed by atoms with E-state index in [9.17, 15) is 13.6 Å². The monoisotopic (exact) mass is 301 g/mol. The van der Waals surface area contributed by atoms with Crippen molar-refractivity contribution in [3.8, 4) is 5.75 Å². The van der Waals surface area contributed by atoms with Gasteiger partial charge in [0.1, 0.15) is 11.8 Å². The van der Waals surface area contributed by atoms with E-state index in [0.717, 1.165) is 5.56 Å². The lowest BCUT2D eigenvalue weighted by Gasteiger charge is -2.19. The number of benzene rings is 1. The SMILES string of the molecule is Cc1cc(CN[C@H](C(=O)O)C(C)C)cc(C)c1OC(F)F. The first kappa shape index (κ1) is 17.4. The molecule has 118 valence electrons. The molecule has 0 fully saturated rings. The standard InChI is InChI=1S/C15H21F2NO3/c1-8(2)12(14(19)20)18-7-11-5-9(3)13(10(4)6-11)21-15(16)17/h5-6,8,12,15,18H,7H2,1-4H3,(H,19,20)/t12-/m0/s1. The number of hydrogen-bond acceptors (Lipinski definition) is 3. The lowest BCUT2D eigenvalue weighted by atomic mass is 10.0. The summed E-state index contributed by atoms with van der Waals surface area (Å²) in [5, 5.41) is 12.1. The van der Waals surface area contributed by atoms with Gasteiger partial charge in [-0.15, -0.1) is 0 Å². The zero-order chi connectivity index (χ0) is 16.2. The summed E-state index contributed by atoms with van der Waals surface area (Å²) in [4.78, 5) is 11.1. The number of carbonyl (C=O) groups is 1. The molecule has 0 aliphatic carbocycles. The van der Waals surface area contributed by atoms with Gasteiger partial charge < -0.3 is 15.2 Å². The molecule has 0 amide bonds. The van der Waals surface area contributed by atoms with Crippen LogP contribution in [0.4, 0.5) is 8.78 Å². The molecule has 0 heterocycles. The van der Waals surface area contributed by atoms with E-state index in [0.29, 0.717) is 17.7 Å². The predicted molar refractivity (Wildman–Crippen MR) is 75.6 cm³/mol. The molecule has 0 unspecified atom stereocenters. The van der Waals surface area contributed by atoms with Crippen molar-refractivity contribution in [1.29, 1.82) is 0 Å². The number of ether oxygens (including phenoxy) is 1. The molecule has 0 spiro atoms. The van der Waals surface area contributed by atoms with Gasteiger partial charge in [0.15, 0.2) is 0 Å². The normalized spacial score (nSPS) is 12.8. The van der Waals surface area contributed by atoms with Gasteiger partial charge in [0, 0.05) is 6.54 Å². The lowest BCUT2D eigenvalue weighted by Crippen LogP contribution is -2.40. The maximum atomic E-state index is 12.3. The second kappa shape index (κ2) is 7.36. The van der Waals surface area contributed by atoms with Crippen LogP contribution in [0.3, 0.4) is 0 Å². The van der Waals surface area contributed by atoms with Crippen LogP contribution in [0.2, 0.25) is 0 Å². The lowest BCUT2D eigenvalue weighted by molar-refractivity contribution is -0.140. The number of hydrogen-bond donors (Lipinski definition) is 2. The van der Waals surface area contributed by atoms with E-state index in [2.05, 4.69) is 10.1 Å². The first-order chi connectivity index (χ1) is 9.72. The summed E-state index contributed by atoms with van der Waals surface area (Å²) >= 11 is 0. The zero-order valence-electron chi connectivity index (χ0n) is 12.6. The number of alkyl halides is 2. The minimum absolute atomic E-state index is 0.0499. The van der Waals surface area contributed by atoms with Crippen molar-refractivity contribution in [3.05, 3.63) is 28.8 Å². The molecule has 0 bridgehead atoms. The van der Waals surface area contributed by atoms with Crippen molar-refractivity contribution in [1.82, 2.24) is 5.32 Å². The fraction of sp³-hybridized carbons (Fsp3) is 0.533. The molecule has 0 saturated heterocycles. The second-order valence-corrected chi connectivity index (χ2v) is 5.38. The van der Waals surface area contributed by atoms with Gasteiger partial charge in [-0.2, -0.15) is 8.78 Å². The van der Waals surface area contributed by atoms with Gasteiger partial charge >= 0.3 is 12.6 Å². The van der Waals surface area contributed by atoms with E-state index in [1.807, 2.05) is 13.8 Å². The molecule has 2 N–H and O–H groups in total. The Hall–Kier alpha value is -1.69. The predicted octanol–water partition coefficient (Wildman–Crippen LogP) is 3.10. The highest BCUT2D eigenvalue weighted by atomic mass is 19.3. The van der Waals surface area contributed by atoms with Gasteiger partial charge in [0.05, 0.1) is 0 Å². The molecule has 6 heteroatoms. The largest absolute Gasteiger partial charge is 0.480 e. The molecule has 1 aromatic rings. The smallest absolute Gasteiger partial charge is 0.387 e. The van der Waals surface area contributed by atoms with Crippen LogP contribution in [0.1, 0.15) is 30.5 Å². The van der Waals surface area contributed by atoms with Crippen molar-refractivity contribution < 1.29 is 23.4 Å². The number of halogens is 2. The summed E-state index contributed by atoms with van der Waals surface area (Å²) < 4.78 is 29.1. The van der Waals surface area contributed by atoms with E-state index >= 15 is 0 Å². The summed E-state index contributed by atoms with van der Waals surface area (Å²) in [5.74, 6) is -0.783. The Morgan fingerprint density at radius 2 is 1.81 bits per heavy atom. The molecule has 1 atom stereocenters. The van der Waals surface area contributed by atoms with Crippen molar-refractivity contribution >= 4 is 5.97 Å². The number of carboxylic acids is 1. The fourth-order valence-corrected chi connectivity index (χ4v) is 2.25. The molecular formula is C15H21F2NO3. The van der Waals surface area contributed by atoms with E-state index in [1.54, 1.807) is 26.0 Å². The van der Waals surface area contributed by atoms with E-state index in [-0.39, 0.29) is 11.7 Å². The zero-order valence-corrected chi connectivity index (χ0v) is 12.6. The Morgan fingerprint density at radius 1 is 1.29 bits per heavy atom. The fourth-order valence-electron chi connectivity index (χ4n) is 2.25. The maximum absolute atomic E-state index is 12.3. The van der Waals surface area contributed by atoms with Crippen LogP contribution < -0.4 is 10.1 Å². The number of aliphatic carboxylic acids is 1. The van der Waals surface area contributed by atoms with E-state index in [1.165, 1.54) is 0 Å². The first-order valence-electron chi connectivity index (χ1n) is 6.73. The molecule has 1 rings (SSSR count). The van der Waals surface area contributed by atoms with Crippen molar-refractivity contribution in [2.75, 3.05) is 0 Å². The number of rotatable bonds is 7. The first-order valence-corrected chi connectivity index (χ1v) is 6.73. The van der Waals surface area contributed by atoms with Crippen LogP contribution >= 0.6 is 0 Å². The van der Waals surface area contributed by atoms with Gasteiger partial charge in [-0.05, 0) is 36.5 Å². The van der Waals surface area contributed by atoms with Crippen LogP contribution in [0.25, 0.3) is 0 Å². The van der Waals surface area contributed by atoms with E-state index < -0.39 is 18.6 Å². The molecule has 0 aliphatic heterocycles. The highest BCUT2D eigenvalue weighted by Crippen LogP contribution is 2.26. The maximum Gasteiger partial charge on any atom is 0.387 e. The topological polar surface area (TPSA) is 58.6 Å². The van der Waals surface area contributed by atoms with Gasteiger partial charge in [-0.25, -0.2) is 0 Å². The van der Waals surface area contributed by atoms with Crippen LogP contribution in [0.15, 0.2) is 12.1 Å². The number of aryl methyl sites for hydroxylation is 2. The van der Waals surface area contributed by atoms with Crippen LogP contribution in [-0.4, -0.2) is 23.7 Å². The second-order valence-electron chi connectivity index (χ2n) is 5.38. The molecule has 4 nitrogen and oxygen atoms in total. The van der Waals surface area contributed by atoms with Crippen LogP contribution in [0.5, 0.6) is 5.75 Å². The molecule has 1 aromatic carbocycles. The van der Waals surface area contributed by atoms with Gasteiger partial charge in [-0.3, -0.25) is 4.79 Å². The van der Waals surface area contributed by atoms with Gasteiger partial charge in [-0.1, -0.05) is 26.0 Å². The van der Waals surface area contributed by atoms with Crippen LogP contribution in [0, 0.1) is 19.8 Å². The summed E-state index contributed by atoms with van der Waals surface area (Å²) in [5.41, 5.74) is 2.03. The summed E-state index contributed by atoms with van der Waals surface area (Å²) in [6.45, 7) is 4.51. The van der Waals surface area contributed by atoms with Gasteiger partial charge in [0.2, 0.25) is 0 Å². The third kappa shape index (κ3) is 4.97. The molecular weight excluding hydrogens is 280 g/mol. The molecule has 0 saturated carbocycles. The van der Waals surface area contributed by atoms with Crippen molar-refractivity contribution in [2.45, 2.75) is 46.9 Å². The molecule has 0 aliphatic rings. The Bertz CT molecular complexity index is 481. The van der Waals surface area contributed by atoms with Crippen LogP contribution in [-0.2, 0) is 11.3 Å². The Labute approximate surface area is 123 Å². The number of nitrogens with one attached hydrogen (secondary N) is 1. The summed E-state index contributed by atoms with van der Waals surface area (Å²) in [6.07, 6.45) is 0. The van der Waals surface area contributed by atoms with Crippen molar-refractivity contribution in [2.24, 2.45) is 5.92 Å². The third-order valence-electron chi connectivity index (χ3n) is 3.19.